The second kappa shape index (κ2) is 7.84. The SMILES string of the molecule is CCN(CC)c1nc(NN)nc(N(C)CCC(C)C)n1. The van der Waals surface area contributed by atoms with E-state index in [0.29, 0.717) is 23.8 Å². The summed E-state index contributed by atoms with van der Waals surface area (Å²) < 4.78 is 0. The first-order valence-electron chi connectivity index (χ1n) is 7.20. The van der Waals surface area contributed by atoms with E-state index in [4.69, 9.17) is 5.84 Å². The predicted molar refractivity (Wildman–Crippen MR) is 83.9 cm³/mol. The average Bonchev–Trinajstić information content (AvgIpc) is 2.45. The number of nitrogens with one attached hydrogen (secondary N) is 1. The zero-order valence-corrected chi connectivity index (χ0v) is 13.2. The Bertz CT molecular complexity index is 404. The van der Waals surface area contributed by atoms with E-state index in [9.17, 15) is 0 Å². The fraction of sp³-hybridized carbons (Fsp3) is 0.769. The van der Waals surface area contributed by atoms with Crippen molar-refractivity contribution in [1.82, 2.24) is 15.0 Å². The Morgan fingerprint density at radius 1 is 1.10 bits per heavy atom. The van der Waals surface area contributed by atoms with Gasteiger partial charge in [0.25, 0.3) is 0 Å². The maximum absolute atomic E-state index is 5.45. The molecule has 114 valence electrons. The first kappa shape index (κ1) is 16.4. The molecule has 0 aliphatic carbocycles. The Labute approximate surface area is 121 Å². The molecule has 3 N–H and O–H groups in total. The molecule has 7 heteroatoms. The summed E-state index contributed by atoms with van der Waals surface area (Å²) in [5.41, 5.74) is 2.52. The number of hydrogen-bond donors (Lipinski definition) is 2. The van der Waals surface area contributed by atoms with Crippen LogP contribution in [0.5, 0.6) is 0 Å². The molecular formula is C13H27N7. The maximum atomic E-state index is 5.45. The number of nitrogens with two attached hydrogens (primary N) is 1. The van der Waals surface area contributed by atoms with Crippen LogP contribution in [0.4, 0.5) is 17.8 Å². The Hall–Kier alpha value is -1.63. The highest BCUT2D eigenvalue weighted by Crippen LogP contribution is 2.16. The van der Waals surface area contributed by atoms with Gasteiger partial charge in [-0.1, -0.05) is 13.8 Å². The van der Waals surface area contributed by atoms with Crippen molar-refractivity contribution in [2.24, 2.45) is 11.8 Å². The minimum Gasteiger partial charge on any atom is -0.344 e. The first-order chi connectivity index (χ1) is 9.51. The van der Waals surface area contributed by atoms with Gasteiger partial charge in [0.05, 0.1) is 0 Å². The van der Waals surface area contributed by atoms with Gasteiger partial charge in [-0.05, 0) is 26.2 Å². The highest BCUT2D eigenvalue weighted by molar-refractivity contribution is 5.44. The molecule has 1 heterocycles. The second-order valence-electron chi connectivity index (χ2n) is 5.18. The molecule has 0 saturated carbocycles. The van der Waals surface area contributed by atoms with Gasteiger partial charge in [-0.3, -0.25) is 5.43 Å². The van der Waals surface area contributed by atoms with Crippen molar-refractivity contribution in [1.29, 1.82) is 0 Å². The monoisotopic (exact) mass is 281 g/mol. The fourth-order valence-corrected chi connectivity index (χ4v) is 1.79. The van der Waals surface area contributed by atoms with Crippen LogP contribution in [0.25, 0.3) is 0 Å². The summed E-state index contributed by atoms with van der Waals surface area (Å²) in [5.74, 6) is 7.80. The number of nitrogens with zero attached hydrogens (tertiary/aromatic N) is 5. The Balaban J connectivity index is 2.97. The number of hydrazine groups is 1. The van der Waals surface area contributed by atoms with Crippen LogP contribution in [0.2, 0.25) is 0 Å². The molecule has 0 radical (unpaired) electrons. The molecule has 0 fully saturated rings. The third kappa shape index (κ3) is 4.48. The van der Waals surface area contributed by atoms with Gasteiger partial charge < -0.3 is 9.80 Å². The molecule has 0 saturated heterocycles. The van der Waals surface area contributed by atoms with Crippen molar-refractivity contribution >= 4 is 17.8 Å². The van der Waals surface area contributed by atoms with Crippen LogP contribution in [0.1, 0.15) is 34.1 Å². The van der Waals surface area contributed by atoms with E-state index in [-0.39, 0.29) is 0 Å². The van der Waals surface area contributed by atoms with E-state index in [1.54, 1.807) is 0 Å². The number of aromatic nitrogens is 3. The van der Waals surface area contributed by atoms with Crippen molar-refractivity contribution < 1.29 is 0 Å². The minimum atomic E-state index is 0.397. The van der Waals surface area contributed by atoms with Crippen LogP contribution >= 0.6 is 0 Å². The molecular weight excluding hydrogens is 254 g/mol. The first-order valence-corrected chi connectivity index (χ1v) is 7.20. The second-order valence-corrected chi connectivity index (χ2v) is 5.18. The molecule has 0 aromatic carbocycles. The van der Waals surface area contributed by atoms with Gasteiger partial charge in [0.2, 0.25) is 17.8 Å². The highest BCUT2D eigenvalue weighted by atomic mass is 15.4. The smallest absolute Gasteiger partial charge is 0.243 e. The molecule has 7 nitrogen and oxygen atoms in total. The molecule has 0 aliphatic rings. The van der Waals surface area contributed by atoms with Crippen LogP contribution in [0.3, 0.4) is 0 Å². The van der Waals surface area contributed by atoms with Crippen LogP contribution in [-0.4, -0.2) is 41.6 Å². The van der Waals surface area contributed by atoms with Crippen LogP contribution < -0.4 is 21.1 Å². The molecule has 0 atom stereocenters. The van der Waals surface area contributed by atoms with Gasteiger partial charge in [0, 0.05) is 26.7 Å². The predicted octanol–water partition coefficient (Wildman–Crippen LogP) is 1.49. The van der Waals surface area contributed by atoms with Gasteiger partial charge in [-0.2, -0.15) is 15.0 Å². The lowest BCUT2D eigenvalue weighted by Crippen LogP contribution is -2.28. The number of nitrogen functional groups attached to an aromatic ring is 1. The largest absolute Gasteiger partial charge is 0.344 e. The molecule has 0 unspecified atom stereocenters. The lowest BCUT2D eigenvalue weighted by molar-refractivity contribution is 0.581. The van der Waals surface area contributed by atoms with Crippen LogP contribution in [0, 0.1) is 5.92 Å². The van der Waals surface area contributed by atoms with Gasteiger partial charge in [0.1, 0.15) is 0 Å². The quantitative estimate of drug-likeness (QED) is 0.551. The molecule has 1 aromatic rings. The third-order valence-electron chi connectivity index (χ3n) is 3.17. The fourth-order valence-electron chi connectivity index (χ4n) is 1.79. The maximum Gasteiger partial charge on any atom is 0.243 e. The Morgan fingerprint density at radius 2 is 1.70 bits per heavy atom. The standard InChI is InChI=1S/C13H27N7/c1-6-20(7-2)13-16-11(18-14)15-12(17-13)19(5)9-8-10(3)4/h10H,6-9,14H2,1-5H3,(H,15,16,17,18). The minimum absolute atomic E-state index is 0.397. The van der Waals surface area contributed by atoms with Crippen molar-refractivity contribution in [2.75, 3.05) is 41.9 Å². The molecule has 0 spiro atoms. The van der Waals surface area contributed by atoms with Crippen LogP contribution in [0.15, 0.2) is 0 Å². The molecule has 1 aromatic heterocycles. The number of hydrogen-bond acceptors (Lipinski definition) is 7. The summed E-state index contributed by atoms with van der Waals surface area (Å²) >= 11 is 0. The van der Waals surface area contributed by atoms with Crippen molar-refractivity contribution in [2.45, 2.75) is 34.1 Å². The summed E-state index contributed by atoms with van der Waals surface area (Å²) in [6.07, 6.45) is 1.09. The van der Waals surface area contributed by atoms with E-state index in [0.717, 1.165) is 26.1 Å². The zero-order valence-electron chi connectivity index (χ0n) is 13.2. The molecule has 1 rings (SSSR count). The van der Waals surface area contributed by atoms with Crippen LogP contribution in [-0.2, 0) is 0 Å². The van der Waals surface area contributed by atoms with Gasteiger partial charge in [-0.25, -0.2) is 5.84 Å². The zero-order chi connectivity index (χ0) is 15.1. The highest BCUT2D eigenvalue weighted by Gasteiger charge is 2.13. The van der Waals surface area contributed by atoms with Gasteiger partial charge in [0.15, 0.2) is 0 Å². The molecule has 0 bridgehead atoms. The topological polar surface area (TPSA) is 83.2 Å². The normalized spacial score (nSPS) is 10.8. The van der Waals surface area contributed by atoms with Crippen molar-refractivity contribution in [3.05, 3.63) is 0 Å². The number of anilines is 3. The molecule has 20 heavy (non-hydrogen) atoms. The van der Waals surface area contributed by atoms with Crippen molar-refractivity contribution in [3.8, 4) is 0 Å². The Kier molecular flexibility index (Phi) is 6.44. The summed E-state index contributed by atoms with van der Waals surface area (Å²) in [6.45, 7) is 11.2. The van der Waals surface area contributed by atoms with E-state index in [2.05, 4.69) is 53.0 Å². The van der Waals surface area contributed by atoms with Gasteiger partial charge in [-0.15, -0.1) is 0 Å². The average molecular weight is 281 g/mol. The third-order valence-corrected chi connectivity index (χ3v) is 3.17. The summed E-state index contributed by atoms with van der Waals surface area (Å²) in [6, 6.07) is 0. The van der Waals surface area contributed by atoms with E-state index in [1.807, 2.05) is 11.9 Å². The lowest BCUT2D eigenvalue weighted by Gasteiger charge is -2.22. The summed E-state index contributed by atoms with van der Waals surface area (Å²) in [4.78, 5) is 17.3. The summed E-state index contributed by atoms with van der Waals surface area (Å²) in [5, 5.41) is 0. The van der Waals surface area contributed by atoms with Crippen molar-refractivity contribution in [3.63, 3.8) is 0 Å². The van der Waals surface area contributed by atoms with Gasteiger partial charge >= 0.3 is 0 Å². The number of rotatable bonds is 8. The summed E-state index contributed by atoms with van der Waals surface area (Å²) in [7, 11) is 1.99. The Morgan fingerprint density at radius 3 is 2.20 bits per heavy atom. The van der Waals surface area contributed by atoms with E-state index >= 15 is 0 Å². The lowest BCUT2D eigenvalue weighted by atomic mass is 10.1. The molecule has 0 aliphatic heterocycles. The molecule has 0 amide bonds. The van der Waals surface area contributed by atoms with E-state index in [1.165, 1.54) is 0 Å². The van der Waals surface area contributed by atoms with E-state index < -0.39 is 0 Å².